The van der Waals surface area contributed by atoms with Gasteiger partial charge >= 0.3 is 0 Å². The topological polar surface area (TPSA) is 60.9 Å². The van der Waals surface area contributed by atoms with Crippen LogP contribution in [-0.2, 0) is 0 Å². The molecule has 0 aliphatic heterocycles. The molecule has 3 rings (SSSR count). The van der Waals surface area contributed by atoms with Crippen LogP contribution in [0.1, 0.15) is 35.7 Å². The Morgan fingerprint density at radius 3 is 2.94 bits per heavy atom. The minimum Gasteiger partial charge on any atom is -0.366 e. The molecule has 2 heterocycles. The summed E-state index contributed by atoms with van der Waals surface area (Å²) in [5.41, 5.74) is 6.83. The Labute approximate surface area is 93.1 Å². The number of rotatable bonds is 2. The molecule has 0 aromatic carbocycles. The van der Waals surface area contributed by atoms with Gasteiger partial charge in [-0.15, -0.1) is 0 Å². The van der Waals surface area contributed by atoms with Crippen molar-refractivity contribution in [3.8, 4) is 0 Å². The number of amides is 1. The first-order valence-electron chi connectivity index (χ1n) is 5.53. The molecule has 2 aromatic heterocycles. The van der Waals surface area contributed by atoms with Crippen LogP contribution in [0.4, 0.5) is 0 Å². The standard InChI is InChI=1S/C12H13N3O/c13-11(16)10-7-15(8-3-1-4-8)12-9(10)5-2-6-14-12/h2,5-8H,1,3-4H2,(H2,13,16). The Hall–Kier alpha value is -1.84. The van der Waals surface area contributed by atoms with Crippen LogP contribution in [0.15, 0.2) is 24.5 Å². The summed E-state index contributed by atoms with van der Waals surface area (Å²) in [7, 11) is 0. The van der Waals surface area contributed by atoms with Crippen molar-refractivity contribution in [2.24, 2.45) is 5.73 Å². The van der Waals surface area contributed by atoms with Crippen LogP contribution < -0.4 is 5.73 Å². The van der Waals surface area contributed by atoms with Crippen LogP contribution in [-0.4, -0.2) is 15.5 Å². The number of carbonyl (C=O) groups excluding carboxylic acids is 1. The molecule has 2 N–H and O–H groups in total. The number of carbonyl (C=O) groups is 1. The highest BCUT2D eigenvalue weighted by Gasteiger charge is 2.23. The smallest absolute Gasteiger partial charge is 0.250 e. The SMILES string of the molecule is NC(=O)c1cn(C2CCC2)c2ncccc12. The zero-order chi connectivity index (χ0) is 11.1. The lowest BCUT2D eigenvalue weighted by Crippen LogP contribution is -2.16. The van der Waals surface area contributed by atoms with E-state index in [2.05, 4.69) is 9.55 Å². The lowest BCUT2D eigenvalue weighted by atomic mass is 9.93. The summed E-state index contributed by atoms with van der Waals surface area (Å²) < 4.78 is 2.10. The van der Waals surface area contributed by atoms with Crippen LogP contribution >= 0.6 is 0 Å². The molecule has 0 unspecified atom stereocenters. The van der Waals surface area contributed by atoms with Gasteiger partial charge in [0.15, 0.2) is 0 Å². The van der Waals surface area contributed by atoms with Gasteiger partial charge in [-0.05, 0) is 31.4 Å². The van der Waals surface area contributed by atoms with E-state index in [0.717, 1.165) is 11.0 Å². The minimum absolute atomic E-state index is 0.379. The van der Waals surface area contributed by atoms with Crippen molar-refractivity contribution in [3.63, 3.8) is 0 Å². The van der Waals surface area contributed by atoms with Gasteiger partial charge in [-0.3, -0.25) is 4.79 Å². The van der Waals surface area contributed by atoms with E-state index in [0.29, 0.717) is 11.6 Å². The van der Waals surface area contributed by atoms with Gasteiger partial charge in [0.05, 0.1) is 5.56 Å². The second-order valence-corrected chi connectivity index (χ2v) is 4.27. The largest absolute Gasteiger partial charge is 0.366 e. The molecule has 2 aromatic rings. The quantitative estimate of drug-likeness (QED) is 0.831. The molecule has 4 nitrogen and oxygen atoms in total. The van der Waals surface area contributed by atoms with Crippen LogP contribution in [0.2, 0.25) is 0 Å². The van der Waals surface area contributed by atoms with Crippen molar-refractivity contribution < 1.29 is 4.79 Å². The summed E-state index contributed by atoms with van der Waals surface area (Å²) in [5, 5.41) is 0.863. The Bertz CT molecular complexity index is 554. The molecule has 16 heavy (non-hydrogen) atoms. The molecule has 1 saturated carbocycles. The molecule has 4 heteroatoms. The van der Waals surface area contributed by atoms with Gasteiger partial charge in [0.2, 0.25) is 0 Å². The van der Waals surface area contributed by atoms with E-state index in [1.54, 1.807) is 6.20 Å². The monoisotopic (exact) mass is 215 g/mol. The fraction of sp³-hybridized carbons (Fsp3) is 0.333. The number of primary amides is 1. The Morgan fingerprint density at radius 1 is 1.50 bits per heavy atom. The molecule has 1 amide bonds. The van der Waals surface area contributed by atoms with Crippen molar-refractivity contribution in [2.75, 3.05) is 0 Å². The molecule has 0 bridgehead atoms. The molecule has 1 fully saturated rings. The number of fused-ring (bicyclic) bond motifs is 1. The molecule has 0 radical (unpaired) electrons. The third-order valence-corrected chi connectivity index (χ3v) is 3.32. The fourth-order valence-electron chi connectivity index (χ4n) is 2.22. The highest BCUT2D eigenvalue weighted by Crippen LogP contribution is 2.35. The normalized spacial score (nSPS) is 16.2. The van der Waals surface area contributed by atoms with Crippen LogP contribution in [0, 0.1) is 0 Å². The number of pyridine rings is 1. The van der Waals surface area contributed by atoms with Crippen molar-refractivity contribution in [2.45, 2.75) is 25.3 Å². The zero-order valence-corrected chi connectivity index (χ0v) is 8.89. The predicted molar refractivity (Wildman–Crippen MR) is 61.1 cm³/mol. The Balaban J connectivity index is 2.24. The number of aromatic nitrogens is 2. The number of hydrogen-bond donors (Lipinski definition) is 1. The maximum Gasteiger partial charge on any atom is 0.250 e. The van der Waals surface area contributed by atoms with E-state index in [-0.39, 0.29) is 5.91 Å². The lowest BCUT2D eigenvalue weighted by molar-refractivity contribution is 0.100. The molecule has 1 aliphatic carbocycles. The van der Waals surface area contributed by atoms with Gasteiger partial charge in [-0.1, -0.05) is 0 Å². The van der Waals surface area contributed by atoms with Crippen molar-refractivity contribution >= 4 is 16.9 Å². The first-order chi connectivity index (χ1) is 7.77. The summed E-state index contributed by atoms with van der Waals surface area (Å²) in [5.74, 6) is -0.379. The molecule has 0 atom stereocenters. The molecular formula is C12H13N3O. The third kappa shape index (κ3) is 1.23. The summed E-state index contributed by atoms with van der Waals surface area (Å²) in [6, 6.07) is 4.22. The Morgan fingerprint density at radius 2 is 2.31 bits per heavy atom. The maximum atomic E-state index is 11.3. The van der Waals surface area contributed by atoms with Gasteiger partial charge in [0, 0.05) is 23.8 Å². The van der Waals surface area contributed by atoms with E-state index in [1.807, 2.05) is 18.3 Å². The van der Waals surface area contributed by atoms with Crippen molar-refractivity contribution in [1.29, 1.82) is 0 Å². The van der Waals surface area contributed by atoms with Crippen molar-refractivity contribution in [1.82, 2.24) is 9.55 Å². The van der Waals surface area contributed by atoms with E-state index >= 15 is 0 Å². The molecular weight excluding hydrogens is 202 g/mol. The fourth-order valence-corrected chi connectivity index (χ4v) is 2.22. The van der Waals surface area contributed by atoms with E-state index < -0.39 is 0 Å². The maximum absolute atomic E-state index is 11.3. The first-order valence-corrected chi connectivity index (χ1v) is 5.53. The molecule has 1 aliphatic rings. The lowest BCUT2D eigenvalue weighted by Gasteiger charge is -2.27. The predicted octanol–water partition coefficient (Wildman–Crippen LogP) is 1.86. The average molecular weight is 215 g/mol. The van der Waals surface area contributed by atoms with Gasteiger partial charge in [0.25, 0.3) is 5.91 Å². The average Bonchev–Trinajstić information content (AvgIpc) is 2.56. The minimum atomic E-state index is -0.379. The molecule has 82 valence electrons. The second-order valence-electron chi connectivity index (χ2n) is 4.27. The van der Waals surface area contributed by atoms with Crippen LogP contribution in [0.5, 0.6) is 0 Å². The van der Waals surface area contributed by atoms with Crippen LogP contribution in [0.25, 0.3) is 11.0 Å². The van der Waals surface area contributed by atoms with E-state index in [4.69, 9.17) is 5.73 Å². The van der Waals surface area contributed by atoms with Gasteiger partial charge in [-0.2, -0.15) is 0 Å². The summed E-state index contributed by atoms with van der Waals surface area (Å²) >= 11 is 0. The van der Waals surface area contributed by atoms with Gasteiger partial charge in [0.1, 0.15) is 5.65 Å². The summed E-state index contributed by atoms with van der Waals surface area (Å²) in [6.07, 6.45) is 7.19. The van der Waals surface area contributed by atoms with E-state index in [9.17, 15) is 4.79 Å². The number of nitrogens with two attached hydrogens (primary N) is 1. The first kappa shape index (κ1) is 9.39. The molecule has 0 spiro atoms. The summed E-state index contributed by atoms with van der Waals surface area (Å²) in [6.45, 7) is 0. The second kappa shape index (κ2) is 3.33. The third-order valence-electron chi connectivity index (χ3n) is 3.32. The highest BCUT2D eigenvalue weighted by atomic mass is 16.1. The van der Waals surface area contributed by atoms with E-state index in [1.165, 1.54) is 19.3 Å². The van der Waals surface area contributed by atoms with Crippen molar-refractivity contribution in [3.05, 3.63) is 30.1 Å². The van der Waals surface area contributed by atoms with Gasteiger partial charge in [-0.25, -0.2) is 4.98 Å². The highest BCUT2D eigenvalue weighted by molar-refractivity contribution is 6.05. The molecule has 0 saturated heterocycles. The Kier molecular flexibility index (Phi) is 1.96. The van der Waals surface area contributed by atoms with Gasteiger partial charge < -0.3 is 10.3 Å². The van der Waals surface area contributed by atoms with Crippen LogP contribution in [0.3, 0.4) is 0 Å². The summed E-state index contributed by atoms with van der Waals surface area (Å²) in [4.78, 5) is 15.7. The zero-order valence-electron chi connectivity index (χ0n) is 8.89. The number of nitrogens with zero attached hydrogens (tertiary/aromatic N) is 2. The number of hydrogen-bond acceptors (Lipinski definition) is 2.